The van der Waals surface area contributed by atoms with E-state index in [1.807, 2.05) is 6.07 Å². The van der Waals surface area contributed by atoms with E-state index in [4.69, 9.17) is 0 Å². The summed E-state index contributed by atoms with van der Waals surface area (Å²) in [4.78, 5) is 0. The average Bonchev–Trinajstić information content (AvgIpc) is 2.61. The Balaban J connectivity index is 2.00. The molecule has 1 heterocycles. The highest BCUT2D eigenvalue weighted by Crippen LogP contribution is 2.27. The summed E-state index contributed by atoms with van der Waals surface area (Å²) >= 11 is 3.23. The Bertz CT molecular complexity index is 554. The zero-order valence-electron chi connectivity index (χ0n) is 8.93. The average molecular weight is 318 g/mol. The second-order valence-electron chi connectivity index (χ2n) is 3.89. The van der Waals surface area contributed by atoms with Gasteiger partial charge >= 0.3 is 0 Å². The van der Waals surface area contributed by atoms with Crippen molar-refractivity contribution < 1.29 is 13.5 Å². The zero-order chi connectivity index (χ0) is 12.5. The Hall–Kier alpha value is -0.850. The lowest BCUT2D eigenvalue weighted by Crippen LogP contribution is -2.29. The lowest BCUT2D eigenvalue weighted by atomic mass is 10.2. The molecule has 0 saturated heterocycles. The molecule has 2 N–H and O–H groups in total. The number of rotatable bonds is 3. The van der Waals surface area contributed by atoms with E-state index in [0.29, 0.717) is 11.0 Å². The highest BCUT2D eigenvalue weighted by Gasteiger charge is 2.21. The van der Waals surface area contributed by atoms with Gasteiger partial charge in [-0.3, -0.25) is 0 Å². The van der Waals surface area contributed by atoms with Crippen LogP contribution in [0, 0.1) is 0 Å². The van der Waals surface area contributed by atoms with Crippen molar-refractivity contribution >= 4 is 25.8 Å². The summed E-state index contributed by atoms with van der Waals surface area (Å²) in [6.07, 6.45) is 1.63. The van der Waals surface area contributed by atoms with Crippen LogP contribution in [0.2, 0.25) is 0 Å². The Morgan fingerprint density at radius 1 is 1.47 bits per heavy atom. The zero-order valence-corrected chi connectivity index (χ0v) is 11.3. The fourth-order valence-electron chi connectivity index (χ4n) is 1.65. The van der Waals surface area contributed by atoms with Crippen LogP contribution in [0.4, 0.5) is 0 Å². The van der Waals surface area contributed by atoms with Crippen molar-refractivity contribution in [3.63, 3.8) is 0 Å². The maximum Gasteiger partial charge on any atom is 0.173 e. The number of halogens is 1. The van der Waals surface area contributed by atoms with Crippen molar-refractivity contribution in [3.8, 4) is 5.75 Å². The van der Waals surface area contributed by atoms with E-state index in [1.54, 1.807) is 18.2 Å². The van der Waals surface area contributed by atoms with Gasteiger partial charge in [-0.1, -0.05) is 18.2 Å². The van der Waals surface area contributed by atoms with Crippen molar-refractivity contribution in [2.75, 3.05) is 5.75 Å². The minimum absolute atomic E-state index is 0.0851. The van der Waals surface area contributed by atoms with Crippen molar-refractivity contribution in [2.45, 2.75) is 12.6 Å². The molecular weight excluding hydrogens is 306 g/mol. The predicted molar refractivity (Wildman–Crippen MR) is 69.4 cm³/mol. The normalized spacial score (nSPS) is 21.8. The fraction of sp³-hybridized carbons (Fsp3) is 0.273. The van der Waals surface area contributed by atoms with Crippen LogP contribution in [0.1, 0.15) is 5.56 Å². The van der Waals surface area contributed by atoms with Gasteiger partial charge in [0.1, 0.15) is 5.75 Å². The maximum absolute atomic E-state index is 11.2. The quantitative estimate of drug-likeness (QED) is 0.887. The third kappa shape index (κ3) is 3.08. The Kier molecular flexibility index (Phi) is 3.56. The lowest BCUT2D eigenvalue weighted by Gasteiger charge is -2.11. The molecule has 0 bridgehead atoms. The molecule has 1 aromatic rings. The van der Waals surface area contributed by atoms with Crippen LogP contribution in [-0.4, -0.2) is 25.3 Å². The monoisotopic (exact) mass is 317 g/mol. The van der Waals surface area contributed by atoms with E-state index in [2.05, 4.69) is 21.2 Å². The number of phenols is 1. The van der Waals surface area contributed by atoms with Gasteiger partial charge in [0.25, 0.3) is 0 Å². The Morgan fingerprint density at radius 3 is 2.88 bits per heavy atom. The lowest BCUT2D eigenvalue weighted by molar-refractivity contribution is 0.460. The molecule has 0 amide bonds. The molecule has 1 aliphatic rings. The summed E-state index contributed by atoms with van der Waals surface area (Å²) in [7, 11) is -3.03. The predicted octanol–water partition coefficient (Wildman–Crippen LogP) is 1.55. The SMILES string of the molecule is O=S1(=O)C=CC(NCc2cccc(Br)c2O)C1. The fourth-order valence-corrected chi connectivity index (χ4v) is 3.32. The van der Waals surface area contributed by atoms with Gasteiger partial charge in [0, 0.05) is 23.6 Å². The molecule has 6 heteroatoms. The largest absolute Gasteiger partial charge is 0.506 e. The summed E-state index contributed by atoms with van der Waals surface area (Å²) in [5.74, 6) is 0.270. The van der Waals surface area contributed by atoms with Crippen LogP contribution in [0.3, 0.4) is 0 Å². The molecule has 0 aliphatic carbocycles. The van der Waals surface area contributed by atoms with E-state index >= 15 is 0 Å². The maximum atomic E-state index is 11.2. The molecule has 0 radical (unpaired) electrons. The number of para-hydroxylation sites is 1. The first-order valence-electron chi connectivity index (χ1n) is 5.09. The second-order valence-corrected chi connectivity index (χ2v) is 6.68. The first kappa shape index (κ1) is 12.6. The Labute approximate surface area is 108 Å². The van der Waals surface area contributed by atoms with Crippen molar-refractivity contribution in [1.29, 1.82) is 0 Å². The molecule has 4 nitrogen and oxygen atoms in total. The van der Waals surface area contributed by atoms with Crippen LogP contribution >= 0.6 is 15.9 Å². The third-order valence-corrected chi connectivity index (χ3v) is 4.59. The molecular formula is C11H12BrNO3S. The summed E-state index contributed by atoms with van der Waals surface area (Å²) < 4.78 is 23.0. The van der Waals surface area contributed by atoms with Gasteiger partial charge in [-0.15, -0.1) is 0 Å². The van der Waals surface area contributed by atoms with E-state index in [0.717, 1.165) is 5.56 Å². The van der Waals surface area contributed by atoms with Crippen molar-refractivity contribution in [2.24, 2.45) is 0 Å². The molecule has 0 saturated carbocycles. The summed E-state index contributed by atoms with van der Waals surface area (Å²) in [5, 5.41) is 14.1. The van der Waals surface area contributed by atoms with Gasteiger partial charge in [-0.25, -0.2) is 8.42 Å². The minimum Gasteiger partial charge on any atom is -0.506 e. The molecule has 17 heavy (non-hydrogen) atoms. The third-order valence-electron chi connectivity index (χ3n) is 2.56. The number of hydrogen-bond donors (Lipinski definition) is 2. The van der Waals surface area contributed by atoms with Crippen molar-refractivity contribution in [3.05, 3.63) is 39.7 Å². The van der Waals surface area contributed by atoms with Crippen LogP contribution in [0.25, 0.3) is 0 Å². The Morgan fingerprint density at radius 2 is 2.24 bits per heavy atom. The number of hydrogen-bond acceptors (Lipinski definition) is 4. The molecule has 92 valence electrons. The van der Waals surface area contributed by atoms with E-state index in [9.17, 15) is 13.5 Å². The molecule has 0 aromatic heterocycles. The van der Waals surface area contributed by atoms with E-state index in [-0.39, 0.29) is 17.5 Å². The number of sulfone groups is 1. The van der Waals surface area contributed by atoms with Gasteiger partial charge < -0.3 is 10.4 Å². The number of phenolic OH excluding ortho intramolecular Hbond substituents is 1. The van der Waals surface area contributed by atoms with Gasteiger partial charge in [0.15, 0.2) is 9.84 Å². The number of aromatic hydroxyl groups is 1. The summed E-state index contributed by atoms with van der Waals surface area (Å²) in [6, 6.07) is 5.18. The summed E-state index contributed by atoms with van der Waals surface area (Å²) in [6.45, 7) is 0.426. The number of nitrogens with one attached hydrogen (secondary N) is 1. The highest BCUT2D eigenvalue weighted by molar-refractivity contribution is 9.10. The molecule has 1 aliphatic heterocycles. The summed E-state index contributed by atoms with van der Waals surface area (Å²) in [5.41, 5.74) is 0.733. The molecule has 0 spiro atoms. The smallest absolute Gasteiger partial charge is 0.173 e. The second kappa shape index (κ2) is 4.80. The first-order valence-corrected chi connectivity index (χ1v) is 7.59. The van der Waals surface area contributed by atoms with Gasteiger partial charge in [-0.2, -0.15) is 0 Å². The van der Waals surface area contributed by atoms with Gasteiger partial charge in [0.2, 0.25) is 0 Å². The van der Waals surface area contributed by atoms with Crippen LogP contribution in [0.5, 0.6) is 5.75 Å². The van der Waals surface area contributed by atoms with Crippen LogP contribution < -0.4 is 5.32 Å². The molecule has 2 rings (SSSR count). The first-order chi connectivity index (χ1) is 7.98. The van der Waals surface area contributed by atoms with Gasteiger partial charge in [-0.05, 0) is 22.0 Å². The van der Waals surface area contributed by atoms with E-state index < -0.39 is 9.84 Å². The van der Waals surface area contributed by atoms with Gasteiger partial charge in [0.05, 0.1) is 10.2 Å². The van der Waals surface area contributed by atoms with E-state index in [1.165, 1.54) is 5.41 Å². The molecule has 0 fully saturated rings. The standard InChI is InChI=1S/C11H12BrNO3S/c12-10-3-1-2-8(11(10)14)6-13-9-4-5-17(15,16)7-9/h1-5,9,13-14H,6-7H2. The number of benzene rings is 1. The minimum atomic E-state index is -3.03. The highest BCUT2D eigenvalue weighted by atomic mass is 79.9. The topological polar surface area (TPSA) is 66.4 Å². The van der Waals surface area contributed by atoms with Crippen molar-refractivity contribution in [1.82, 2.24) is 5.32 Å². The molecule has 1 atom stereocenters. The molecule has 1 aromatic carbocycles. The van der Waals surface area contributed by atoms with Crippen LogP contribution in [0.15, 0.2) is 34.2 Å². The molecule has 1 unspecified atom stereocenters. The van der Waals surface area contributed by atoms with Crippen LogP contribution in [-0.2, 0) is 16.4 Å².